The van der Waals surface area contributed by atoms with Gasteiger partial charge in [-0.05, 0) is 72.5 Å². The number of hydrogen-bond acceptors (Lipinski definition) is 5. The molecular weight excluding hydrogens is 463 g/mol. The molecule has 0 spiro atoms. The highest BCUT2D eigenvalue weighted by Crippen LogP contribution is 2.24. The van der Waals surface area contributed by atoms with Crippen molar-refractivity contribution in [2.75, 3.05) is 5.32 Å². The van der Waals surface area contributed by atoms with Crippen LogP contribution in [0, 0.1) is 3.57 Å². The minimum absolute atomic E-state index is 0.109. The SMILES string of the molecule is O=C(CC1SC(=NN=C2CCCCCC2)NC1=O)Nc1ccc(I)cc1. The standard InChI is InChI=1S/C18H21IN4O2S/c19-12-7-9-13(10-8-12)20-16(24)11-15-17(25)21-18(26-15)23-22-14-5-3-1-2-4-6-14/h7-10,15H,1-6,11H2,(H,20,24)(H,21,23,25). The number of rotatable bonds is 4. The van der Waals surface area contributed by atoms with Crippen LogP contribution in [0.15, 0.2) is 34.5 Å². The summed E-state index contributed by atoms with van der Waals surface area (Å²) >= 11 is 3.48. The van der Waals surface area contributed by atoms with Crippen molar-refractivity contribution in [3.63, 3.8) is 0 Å². The second-order valence-corrected chi connectivity index (χ2v) is 8.78. The minimum atomic E-state index is -0.466. The molecule has 1 aliphatic carbocycles. The van der Waals surface area contributed by atoms with Crippen LogP contribution in [0.25, 0.3) is 0 Å². The van der Waals surface area contributed by atoms with Gasteiger partial charge in [0.2, 0.25) is 11.8 Å². The first-order chi connectivity index (χ1) is 12.6. The zero-order valence-electron chi connectivity index (χ0n) is 14.3. The zero-order valence-corrected chi connectivity index (χ0v) is 17.3. The van der Waals surface area contributed by atoms with Crippen LogP contribution in [0.1, 0.15) is 44.9 Å². The van der Waals surface area contributed by atoms with Crippen LogP contribution >= 0.6 is 34.4 Å². The maximum absolute atomic E-state index is 12.2. The molecule has 8 heteroatoms. The van der Waals surface area contributed by atoms with Gasteiger partial charge in [0.25, 0.3) is 0 Å². The van der Waals surface area contributed by atoms with E-state index in [-0.39, 0.29) is 18.2 Å². The quantitative estimate of drug-likeness (QED) is 0.386. The maximum Gasteiger partial charge on any atom is 0.240 e. The van der Waals surface area contributed by atoms with Crippen molar-refractivity contribution in [2.24, 2.45) is 10.2 Å². The van der Waals surface area contributed by atoms with E-state index in [1.807, 2.05) is 24.3 Å². The molecule has 138 valence electrons. The topological polar surface area (TPSA) is 82.9 Å². The lowest BCUT2D eigenvalue weighted by atomic mass is 10.2. The molecule has 0 radical (unpaired) electrons. The lowest BCUT2D eigenvalue weighted by Gasteiger charge is -2.07. The molecule has 1 saturated heterocycles. The minimum Gasteiger partial charge on any atom is -0.326 e. The van der Waals surface area contributed by atoms with Gasteiger partial charge in [-0.2, -0.15) is 5.10 Å². The number of benzene rings is 1. The molecule has 6 nitrogen and oxygen atoms in total. The van der Waals surface area contributed by atoms with Crippen LogP contribution in [0.3, 0.4) is 0 Å². The third kappa shape index (κ3) is 5.80. The monoisotopic (exact) mass is 484 g/mol. The molecule has 1 atom stereocenters. The Bertz CT molecular complexity index is 723. The van der Waals surface area contributed by atoms with Gasteiger partial charge in [-0.25, -0.2) is 0 Å². The molecule has 1 aromatic carbocycles. The predicted molar refractivity (Wildman–Crippen MR) is 114 cm³/mol. The molecule has 2 aliphatic rings. The van der Waals surface area contributed by atoms with Crippen LogP contribution in [-0.2, 0) is 9.59 Å². The summed E-state index contributed by atoms with van der Waals surface area (Å²) < 4.78 is 1.10. The van der Waals surface area contributed by atoms with Gasteiger partial charge in [0.1, 0.15) is 5.25 Å². The molecule has 26 heavy (non-hydrogen) atoms. The summed E-state index contributed by atoms with van der Waals surface area (Å²) in [7, 11) is 0. The molecule has 1 unspecified atom stereocenters. The summed E-state index contributed by atoms with van der Waals surface area (Å²) in [5, 5.41) is 14.1. The Balaban J connectivity index is 1.53. The average molecular weight is 484 g/mol. The van der Waals surface area contributed by atoms with Gasteiger partial charge >= 0.3 is 0 Å². The van der Waals surface area contributed by atoms with Gasteiger partial charge in [0.15, 0.2) is 5.17 Å². The summed E-state index contributed by atoms with van der Waals surface area (Å²) in [5.41, 5.74) is 1.83. The van der Waals surface area contributed by atoms with Crippen molar-refractivity contribution in [1.29, 1.82) is 0 Å². The third-order valence-corrected chi connectivity index (χ3v) is 6.03. The molecule has 1 saturated carbocycles. The van der Waals surface area contributed by atoms with Gasteiger partial charge in [0.05, 0.1) is 0 Å². The highest BCUT2D eigenvalue weighted by Gasteiger charge is 2.32. The first-order valence-corrected chi connectivity index (χ1v) is 10.7. The summed E-state index contributed by atoms with van der Waals surface area (Å²) in [5.74, 6) is -0.372. The average Bonchev–Trinajstić information content (AvgIpc) is 2.82. The van der Waals surface area contributed by atoms with E-state index in [0.717, 1.165) is 40.7 Å². The zero-order chi connectivity index (χ0) is 18.4. The van der Waals surface area contributed by atoms with Gasteiger partial charge in [-0.1, -0.05) is 24.6 Å². The van der Waals surface area contributed by atoms with E-state index in [1.165, 1.54) is 24.6 Å². The Kier molecular flexibility index (Phi) is 7.07. The van der Waals surface area contributed by atoms with Gasteiger partial charge in [0, 0.05) is 21.4 Å². The molecule has 1 heterocycles. The second kappa shape index (κ2) is 9.50. The summed E-state index contributed by atoms with van der Waals surface area (Å²) in [6.07, 6.45) is 6.89. The Morgan fingerprint density at radius 2 is 1.85 bits per heavy atom. The fourth-order valence-corrected chi connectivity index (χ4v) is 4.13. The van der Waals surface area contributed by atoms with Gasteiger partial charge < -0.3 is 10.6 Å². The number of thioether (sulfide) groups is 1. The van der Waals surface area contributed by atoms with Crippen LogP contribution < -0.4 is 10.6 Å². The van der Waals surface area contributed by atoms with Crippen LogP contribution in [0.2, 0.25) is 0 Å². The molecule has 2 fully saturated rings. The van der Waals surface area contributed by atoms with E-state index in [9.17, 15) is 9.59 Å². The second-order valence-electron chi connectivity index (χ2n) is 6.34. The van der Waals surface area contributed by atoms with E-state index in [2.05, 4.69) is 43.4 Å². The summed E-state index contributed by atoms with van der Waals surface area (Å²) in [6, 6.07) is 7.53. The number of carbonyl (C=O) groups excluding carboxylic acids is 2. The normalized spacial score (nSPS) is 22.0. The number of anilines is 1. The summed E-state index contributed by atoms with van der Waals surface area (Å²) in [6.45, 7) is 0. The number of nitrogens with one attached hydrogen (secondary N) is 2. The Morgan fingerprint density at radius 1 is 1.15 bits per heavy atom. The fourth-order valence-electron chi connectivity index (χ4n) is 2.85. The first kappa shape index (κ1) is 19.3. The Hall–Kier alpha value is -1.42. The highest BCUT2D eigenvalue weighted by atomic mass is 127. The number of nitrogens with zero attached hydrogens (tertiary/aromatic N) is 2. The predicted octanol–water partition coefficient (Wildman–Crippen LogP) is 3.92. The van der Waals surface area contributed by atoms with Crippen molar-refractivity contribution in [2.45, 2.75) is 50.2 Å². The number of hydrogen-bond donors (Lipinski definition) is 2. The van der Waals surface area contributed by atoms with E-state index < -0.39 is 5.25 Å². The number of carbonyl (C=O) groups is 2. The van der Waals surface area contributed by atoms with Gasteiger partial charge in [-0.15, -0.1) is 5.10 Å². The van der Waals surface area contributed by atoms with Crippen LogP contribution in [-0.4, -0.2) is 27.9 Å². The number of amidine groups is 1. The van der Waals surface area contributed by atoms with Crippen LogP contribution in [0.5, 0.6) is 0 Å². The van der Waals surface area contributed by atoms with Gasteiger partial charge in [-0.3, -0.25) is 9.59 Å². The maximum atomic E-state index is 12.2. The van der Waals surface area contributed by atoms with E-state index >= 15 is 0 Å². The van der Waals surface area contributed by atoms with Crippen molar-refractivity contribution >= 4 is 62.7 Å². The highest BCUT2D eigenvalue weighted by molar-refractivity contribution is 14.1. The van der Waals surface area contributed by atoms with E-state index in [0.29, 0.717) is 5.17 Å². The molecule has 0 aromatic heterocycles. The van der Waals surface area contributed by atoms with Crippen molar-refractivity contribution in [3.8, 4) is 0 Å². The molecular formula is C18H21IN4O2S. The third-order valence-electron chi connectivity index (χ3n) is 4.24. The lowest BCUT2D eigenvalue weighted by molar-refractivity contribution is -0.122. The molecule has 1 aromatic rings. The van der Waals surface area contributed by atoms with E-state index in [4.69, 9.17) is 0 Å². The van der Waals surface area contributed by atoms with Crippen molar-refractivity contribution in [3.05, 3.63) is 27.8 Å². The smallest absolute Gasteiger partial charge is 0.240 e. The molecule has 3 rings (SSSR count). The van der Waals surface area contributed by atoms with Crippen molar-refractivity contribution < 1.29 is 9.59 Å². The first-order valence-electron chi connectivity index (χ1n) is 8.76. The largest absolute Gasteiger partial charge is 0.326 e. The Morgan fingerprint density at radius 3 is 2.54 bits per heavy atom. The Labute approximate surface area is 170 Å². The lowest BCUT2D eigenvalue weighted by Crippen LogP contribution is -2.28. The molecule has 2 N–H and O–H groups in total. The molecule has 1 aliphatic heterocycles. The van der Waals surface area contributed by atoms with Crippen molar-refractivity contribution in [1.82, 2.24) is 5.32 Å². The molecule has 2 amide bonds. The summed E-state index contributed by atoms with van der Waals surface area (Å²) in [4.78, 5) is 24.3. The number of amides is 2. The fraction of sp³-hybridized carbons (Fsp3) is 0.444. The van der Waals surface area contributed by atoms with Crippen LogP contribution in [0.4, 0.5) is 5.69 Å². The number of halogens is 1. The molecule has 0 bridgehead atoms. The van der Waals surface area contributed by atoms with E-state index in [1.54, 1.807) is 0 Å².